The number of nitrogens with zero attached hydrogens (tertiary/aromatic N) is 3. The Bertz CT molecular complexity index is 405. The summed E-state index contributed by atoms with van der Waals surface area (Å²) in [4.78, 5) is 18.0. The molecule has 0 bridgehead atoms. The lowest BCUT2D eigenvalue weighted by Crippen LogP contribution is -2.39. The second-order valence-electron chi connectivity index (χ2n) is 4.46. The Hall–Kier alpha value is -1.40. The number of imidazole rings is 1. The molecule has 0 amide bonds. The molecule has 2 heterocycles. The highest BCUT2D eigenvalue weighted by Crippen LogP contribution is 2.10. The van der Waals surface area contributed by atoms with Crippen LogP contribution in [-0.2, 0) is 22.6 Å². The molecule has 6 nitrogen and oxygen atoms in total. The second kappa shape index (κ2) is 5.97. The standard InChI is InChI=1S/C12H20N4O2/c1-2-18-12(17)10(13)3-5-15-7-8-16-6-4-14-11(16)9-15/h4,6,10H,2-3,5,7-9,13H2,1H3. The number of carbonyl (C=O) groups excluding carboxylic acids is 1. The number of carbonyl (C=O) groups is 1. The molecule has 1 aromatic rings. The Morgan fingerprint density at radius 3 is 3.22 bits per heavy atom. The van der Waals surface area contributed by atoms with Gasteiger partial charge in [-0.15, -0.1) is 0 Å². The zero-order chi connectivity index (χ0) is 13.0. The molecular formula is C12H20N4O2. The van der Waals surface area contributed by atoms with Crippen molar-refractivity contribution in [3.05, 3.63) is 18.2 Å². The van der Waals surface area contributed by atoms with Gasteiger partial charge in [0.2, 0.25) is 0 Å². The van der Waals surface area contributed by atoms with E-state index in [0.29, 0.717) is 13.0 Å². The summed E-state index contributed by atoms with van der Waals surface area (Å²) in [5.74, 6) is 0.766. The third-order valence-corrected chi connectivity index (χ3v) is 3.17. The fraction of sp³-hybridized carbons (Fsp3) is 0.667. The molecule has 0 fully saturated rings. The maximum atomic E-state index is 11.4. The van der Waals surface area contributed by atoms with Crippen molar-refractivity contribution >= 4 is 5.97 Å². The van der Waals surface area contributed by atoms with Crippen LogP contribution in [0.3, 0.4) is 0 Å². The van der Waals surface area contributed by atoms with E-state index < -0.39 is 6.04 Å². The van der Waals surface area contributed by atoms with E-state index in [1.165, 1.54) is 0 Å². The largest absolute Gasteiger partial charge is 0.465 e. The van der Waals surface area contributed by atoms with Crippen LogP contribution in [0.15, 0.2) is 12.4 Å². The Balaban J connectivity index is 1.77. The van der Waals surface area contributed by atoms with E-state index >= 15 is 0 Å². The average molecular weight is 252 g/mol. The lowest BCUT2D eigenvalue weighted by molar-refractivity contribution is -0.144. The quantitative estimate of drug-likeness (QED) is 0.746. The Labute approximate surface area is 107 Å². The first kappa shape index (κ1) is 13.0. The van der Waals surface area contributed by atoms with E-state index in [0.717, 1.165) is 32.0 Å². The number of fused-ring (bicyclic) bond motifs is 1. The summed E-state index contributed by atoms with van der Waals surface area (Å²) in [6.45, 7) is 5.71. The Kier molecular flexibility index (Phi) is 4.33. The predicted molar refractivity (Wildman–Crippen MR) is 66.7 cm³/mol. The number of rotatable bonds is 5. The van der Waals surface area contributed by atoms with Gasteiger partial charge in [-0.1, -0.05) is 0 Å². The van der Waals surface area contributed by atoms with Crippen molar-refractivity contribution in [2.45, 2.75) is 32.5 Å². The maximum absolute atomic E-state index is 11.4. The average Bonchev–Trinajstić information content (AvgIpc) is 2.83. The molecule has 1 aliphatic rings. The number of hydrogen-bond acceptors (Lipinski definition) is 5. The summed E-state index contributed by atoms with van der Waals surface area (Å²) >= 11 is 0. The highest BCUT2D eigenvalue weighted by molar-refractivity contribution is 5.75. The van der Waals surface area contributed by atoms with Crippen LogP contribution in [-0.4, -0.2) is 46.2 Å². The smallest absolute Gasteiger partial charge is 0.322 e. The van der Waals surface area contributed by atoms with Crippen molar-refractivity contribution in [1.82, 2.24) is 14.5 Å². The monoisotopic (exact) mass is 252 g/mol. The van der Waals surface area contributed by atoms with E-state index in [9.17, 15) is 4.79 Å². The zero-order valence-corrected chi connectivity index (χ0v) is 10.7. The van der Waals surface area contributed by atoms with E-state index in [1.54, 1.807) is 6.92 Å². The summed E-state index contributed by atoms with van der Waals surface area (Å²) in [6, 6.07) is -0.522. The van der Waals surface area contributed by atoms with Crippen LogP contribution in [0.2, 0.25) is 0 Å². The van der Waals surface area contributed by atoms with Crippen LogP contribution in [0, 0.1) is 0 Å². The number of nitrogens with two attached hydrogens (primary N) is 1. The SMILES string of the molecule is CCOC(=O)C(N)CCN1CCn2ccnc2C1. The molecule has 0 saturated carbocycles. The van der Waals surface area contributed by atoms with Gasteiger partial charge in [0.1, 0.15) is 11.9 Å². The van der Waals surface area contributed by atoms with Crippen LogP contribution >= 0.6 is 0 Å². The third kappa shape index (κ3) is 3.08. The van der Waals surface area contributed by atoms with Crippen molar-refractivity contribution in [2.24, 2.45) is 5.73 Å². The summed E-state index contributed by atoms with van der Waals surface area (Å²) in [5.41, 5.74) is 5.77. The Morgan fingerprint density at radius 1 is 1.61 bits per heavy atom. The van der Waals surface area contributed by atoms with Crippen LogP contribution in [0.5, 0.6) is 0 Å². The molecule has 0 aliphatic carbocycles. The molecule has 0 spiro atoms. The summed E-state index contributed by atoms with van der Waals surface area (Å²) in [6.07, 6.45) is 4.44. The lowest BCUT2D eigenvalue weighted by Gasteiger charge is -2.28. The van der Waals surface area contributed by atoms with Gasteiger partial charge >= 0.3 is 5.97 Å². The molecular weight excluding hydrogens is 232 g/mol. The molecule has 1 aliphatic heterocycles. The maximum Gasteiger partial charge on any atom is 0.322 e. The number of esters is 1. The van der Waals surface area contributed by atoms with Gasteiger partial charge < -0.3 is 15.0 Å². The van der Waals surface area contributed by atoms with E-state index in [2.05, 4.69) is 14.5 Å². The summed E-state index contributed by atoms with van der Waals surface area (Å²) in [7, 11) is 0. The molecule has 1 aromatic heterocycles. The minimum Gasteiger partial charge on any atom is -0.465 e. The molecule has 1 unspecified atom stereocenters. The zero-order valence-electron chi connectivity index (χ0n) is 10.7. The minimum atomic E-state index is -0.522. The molecule has 6 heteroatoms. The van der Waals surface area contributed by atoms with Crippen molar-refractivity contribution in [3.63, 3.8) is 0 Å². The Morgan fingerprint density at radius 2 is 2.44 bits per heavy atom. The highest BCUT2D eigenvalue weighted by Gasteiger charge is 2.19. The van der Waals surface area contributed by atoms with Crippen LogP contribution in [0.1, 0.15) is 19.2 Å². The molecule has 0 radical (unpaired) electrons. The van der Waals surface area contributed by atoms with E-state index in [1.807, 2.05) is 12.4 Å². The molecule has 1 atom stereocenters. The summed E-state index contributed by atoms with van der Waals surface area (Å²) in [5, 5.41) is 0. The topological polar surface area (TPSA) is 73.4 Å². The van der Waals surface area contributed by atoms with Crippen molar-refractivity contribution < 1.29 is 9.53 Å². The van der Waals surface area contributed by atoms with Crippen LogP contribution in [0.4, 0.5) is 0 Å². The first-order valence-electron chi connectivity index (χ1n) is 6.35. The number of ether oxygens (including phenoxy) is 1. The van der Waals surface area contributed by atoms with Gasteiger partial charge in [-0.2, -0.15) is 0 Å². The van der Waals surface area contributed by atoms with Crippen LogP contribution in [0.25, 0.3) is 0 Å². The van der Waals surface area contributed by atoms with Gasteiger partial charge in [-0.05, 0) is 13.3 Å². The van der Waals surface area contributed by atoms with E-state index in [4.69, 9.17) is 10.5 Å². The molecule has 18 heavy (non-hydrogen) atoms. The fourth-order valence-electron chi connectivity index (χ4n) is 2.10. The normalized spacial score (nSPS) is 17.2. The molecule has 0 aromatic carbocycles. The molecule has 2 rings (SSSR count). The number of hydrogen-bond donors (Lipinski definition) is 1. The van der Waals surface area contributed by atoms with Gasteiger partial charge in [0, 0.05) is 32.0 Å². The van der Waals surface area contributed by atoms with Gasteiger partial charge in [-0.25, -0.2) is 4.98 Å². The predicted octanol–water partition coefficient (Wildman–Crippen LogP) is -0.0208. The number of aromatic nitrogens is 2. The first-order valence-corrected chi connectivity index (χ1v) is 6.35. The first-order chi connectivity index (χ1) is 8.70. The highest BCUT2D eigenvalue weighted by atomic mass is 16.5. The fourth-order valence-corrected chi connectivity index (χ4v) is 2.10. The van der Waals surface area contributed by atoms with Gasteiger partial charge in [0.05, 0.1) is 13.2 Å². The second-order valence-corrected chi connectivity index (χ2v) is 4.46. The van der Waals surface area contributed by atoms with E-state index in [-0.39, 0.29) is 5.97 Å². The third-order valence-electron chi connectivity index (χ3n) is 3.17. The molecule has 2 N–H and O–H groups in total. The lowest BCUT2D eigenvalue weighted by atomic mass is 10.2. The van der Waals surface area contributed by atoms with Gasteiger partial charge in [-0.3, -0.25) is 9.69 Å². The summed E-state index contributed by atoms with van der Waals surface area (Å²) < 4.78 is 7.04. The van der Waals surface area contributed by atoms with Gasteiger partial charge in [0.15, 0.2) is 0 Å². The van der Waals surface area contributed by atoms with Gasteiger partial charge in [0.25, 0.3) is 0 Å². The van der Waals surface area contributed by atoms with Crippen molar-refractivity contribution in [1.29, 1.82) is 0 Å². The van der Waals surface area contributed by atoms with Crippen molar-refractivity contribution in [3.8, 4) is 0 Å². The van der Waals surface area contributed by atoms with Crippen molar-refractivity contribution in [2.75, 3.05) is 19.7 Å². The minimum absolute atomic E-state index is 0.309. The molecule has 0 saturated heterocycles. The molecule has 100 valence electrons. The van der Waals surface area contributed by atoms with Crippen LogP contribution < -0.4 is 5.73 Å².